The van der Waals surface area contributed by atoms with E-state index in [-0.39, 0.29) is 36.8 Å². The quantitative estimate of drug-likeness (QED) is 0.634. The van der Waals surface area contributed by atoms with Gasteiger partial charge in [-0.05, 0) is 31.5 Å². The van der Waals surface area contributed by atoms with Crippen LogP contribution in [0.15, 0.2) is 18.2 Å². The molecule has 2 atom stereocenters. The van der Waals surface area contributed by atoms with Crippen LogP contribution in [0.2, 0.25) is 0 Å². The molecule has 9 nitrogen and oxygen atoms in total. The van der Waals surface area contributed by atoms with Gasteiger partial charge in [-0.1, -0.05) is 0 Å². The number of hydrogen-bond acceptors (Lipinski definition) is 5. The fraction of sp³-hybridized carbons (Fsp3) is 0.375. The molecule has 0 bridgehead atoms. The molecule has 2 unspecified atom stereocenters. The van der Waals surface area contributed by atoms with E-state index in [0.29, 0.717) is 23.5 Å². The lowest BCUT2D eigenvalue weighted by molar-refractivity contribution is -0.126. The summed E-state index contributed by atoms with van der Waals surface area (Å²) in [7, 11) is 0. The number of nitrogens with one attached hydrogen (secondary N) is 4. The van der Waals surface area contributed by atoms with E-state index in [1.165, 1.54) is 0 Å². The number of benzene rings is 1. The van der Waals surface area contributed by atoms with Gasteiger partial charge in [0.2, 0.25) is 11.8 Å². The summed E-state index contributed by atoms with van der Waals surface area (Å²) < 4.78 is 5.25. The Balaban J connectivity index is 1.56. The Labute approximate surface area is 143 Å². The van der Waals surface area contributed by atoms with Crippen LogP contribution in [0.3, 0.4) is 0 Å². The molecule has 0 aromatic heterocycles. The second-order valence-electron chi connectivity index (χ2n) is 5.99. The van der Waals surface area contributed by atoms with Crippen LogP contribution in [0, 0.1) is 5.92 Å². The van der Waals surface area contributed by atoms with Crippen molar-refractivity contribution >= 4 is 35.1 Å². The van der Waals surface area contributed by atoms with Crippen molar-refractivity contribution in [2.24, 2.45) is 5.92 Å². The molecular weight excluding hydrogens is 328 g/mol. The number of fused-ring (bicyclic) bond motifs is 1. The van der Waals surface area contributed by atoms with Crippen LogP contribution in [0.25, 0.3) is 0 Å². The number of anilines is 2. The van der Waals surface area contributed by atoms with Gasteiger partial charge in [-0.2, -0.15) is 0 Å². The zero-order chi connectivity index (χ0) is 18.0. The molecule has 1 aromatic rings. The molecule has 1 saturated heterocycles. The summed E-state index contributed by atoms with van der Waals surface area (Å²) in [5.74, 6) is -0.811. The Kier molecular flexibility index (Phi) is 4.55. The lowest BCUT2D eigenvalue weighted by Gasteiger charge is -2.28. The maximum Gasteiger partial charge on any atom is 0.321 e. The molecule has 0 radical (unpaired) electrons. The van der Waals surface area contributed by atoms with Gasteiger partial charge < -0.3 is 20.7 Å². The van der Waals surface area contributed by atoms with E-state index in [1.807, 2.05) is 0 Å². The van der Waals surface area contributed by atoms with Gasteiger partial charge >= 0.3 is 6.03 Å². The van der Waals surface area contributed by atoms with Crippen LogP contribution in [-0.4, -0.2) is 36.4 Å². The molecule has 4 N–H and O–H groups in total. The first kappa shape index (κ1) is 16.7. The second-order valence-corrected chi connectivity index (χ2v) is 5.99. The summed E-state index contributed by atoms with van der Waals surface area (Å²) in [6.45, 7) is 1.70. The highest BCUT2D eigenvalue weighted by Gasteiger charge is 2.32. The van der Waals surface area contributed by atoms with Crippen LogP contribution in [0.5, 0.6) is 5.75 Å². The average Bonchev–Trinajstić information content (AvgIpc) is 2.53. The maximum atomic E-state index is 12.1. The minimum absolute atomic E-state index is 0.0309. The third-order valence-electron chi connectivity index (χ3n) is 4.11. The normalized spacial score (nSPS) is 22.0. The molecule has 3 rings (SSSR count). The Hall–Kier alpha value is -3.10. The van der Waals surface area contributed by atoms with Crippen molar-refractivity contribution in [2.45, 2.75) is 25.8 Å². The molecule has 5 amide bonds. The lowest BCUT2D eigenvalue weighted by atomic mass is 9.93. The molecule has 1 aromatic carbocycles. The highest BCUT2D eigenvalue weighted by molar-refractivity contribution is 5.99. The first-order chi connectivity index (χ1) is 11.9. The highest BCUT2D eigenvalue weighted by atomic mass is 16.5. The number of urea groups is 1. The van der Waals surface area contributed by atoms with E-state index in [4.69, 9.17) is 4.74 Å². The minimum atomic E-state index is -0.517. The summed E-state index contributed by atoms with van der Waals surface area (Å²) in [6, 6.07) is 4.10. The van der Waals surface area contributed by atoms with E-state index in [9.17, 15) is 19.2 Å². The number of rotatable bonds is 4. The molecule has 0 aliphatic carbocycles. The van der Waals surface area contributed by atoms with Gasteiger partial charge in [0, 0.05) is 18.2 Å². The summed E-state index contributed by atoms with van der Waals surface area (Å²) >= 11 is 0. The lowest BCUT2D eigenvalue weighted by Crippen LogP contribution is -2.57. The number of amides is 5. The predicted octanol–water partition coefficient (Wildman–Crippen LogP) is 0.580. The van der Waals surface area contributed by atoms with Crippen LogP contribution in [-0.2, 0) is 14.4 Å². The Morgan fingerprint density at radius 2 is 2.08 bits per heavy atom. The van der Waals surface area contributed by atoms with Crippen molar-refractivity contribution in [3.05, 3.63) is 18.2 Å². The van der Waals surface area contributed by atoms with Gasteiger partial charge in [0.05, 0.1) is 11.6 Å². The van der Waals surface area contributed by atoms with Crippen LogP contribution in [0.1, 0.15) is 19.8 Å². The monoisotopic (exact) mass is 346 g/mol. The van der Waals surface area contributed by atoms with Crippen molar-refractivity contribution in [2.75, 3.05) is 17.2 Å². The summed E-state index contributed by atoms with van der Waals surface area (Å²) in [5, 5.41) is 10.2. The summed E-state index contributed by atoms with van der Waals surface area (Å²) in [4.78, 5) is 46.5. The molecule has 2 aliphatic rings. The van der Waals surface area contributed by atoms with Crippen molar-refractivity contribution in [1.82, 2.24) is 10.6 Å². The Morgan fingerprint density at radius 3 is 2.84 bits per heavy atom. The Morgan fingerprint density at radius 1 is 1.28 bits per heavy atom. The van der Waals surface area contributed by atoms with Crippen molar-refractivity contribution in [3.63, 3.8) is 0 Å². The molecule has 0 spiro atoms. The van der Waals surface area contributed by atoms with Crippen molar-refractivity contribution < 1.29 is 23.9 Å². The summed E-state index contributed by atoms with van der Waals surface area (Å²) in [6.07, 6.45) is 0.433. The molecule has 25 heavy (non-hydrogen) atoms. The maximum absolute atomic E-state index is 12.1. The first-order valence-corrected chi connectivity index (χ1v) is 7.90. The molecule has 2 heterocycles. The standard InChI is InChI=1S/C16H18N4O5/c1-8-10(15(23)20-16(24)17-8)3-5-13(21)18-9-2-4-12-11(6-9)19-14(22)7-25-12/h2,4,6,8,10H,3,5,7H2,1H3,(H,18,21)(H,19,22)(H2,17,20,23,24). The van der Waals surface area contributed by atoms with E-state index < -0.39 is 11.9 Å². The first-order valence-electron chi connectivity index (χ1n) is 7.90. The van der Waals surface area contributed by atoms with E-state index in [0.717, 1.165) is 0 Å². The van der Waals surface area contributed by atoms with Crippen molar-refractivity contribution in [1.29, 1.82) is 0 Å². The van der Waals surface area contributed by atoms with Crippen LogP contribution < -0.4 is 26.0 Å². The Bertz CT molecular complexity index is 748. The van der Waals surface area contributed by atoms with Gasteiger partial charge in [-0.15, -0.1) is 0 Å². The molecule has 1 fully saturated rings. The second kappa shape index (κ2) is 6.80. The number of hydrogen-bond donors (Lipinski definition) is 4. The zero-order valence-electron chi connectivity index (χ0n) is 13.5. The fourth-order valence-corrected chi connectivity index (χ4v) is 2.83. The van der Waals surface area contributed by atoms with E-state index in [1.54, 1.807) is 25.1 Å². The summed E-state index contributed by atoms with van der Waals surface area (Å²) in [5.41, 5.74) is 1.01. The van der Waals surface area contributed by atoms with Crippen LogP contribution >= 0.6 is 0 Å². The SMILES string of the molecule is CC1NC(=O)NC(=O)C1CCC(=O)Nc1ccc2c(c1)NC(=O)CO2. The number of imide groups is 1. The minimum Gasteiger partial charge on any atom is -0.482 e. The van der Waals surface area contributed by atoms with Gasteiger partial charge in [-0.3, -0.25) is 19.7 Å². The van der Waals surface area contributed by atoms with Gasteiger partial charge in [0.1, 0.15) is 5.75 Å². The van der Waals surface area contributed by atoms with Gasteiger partial charge in [-0.25, -0.2) is 4.79 Å². The largest absolute Gasteiger partial charge is 0.482 e. The topological polar surface area (TPSA) is 126 Å². The molecule has 0 saturated carbocycles. The molecule has 2 aliphatic heterocycles. The predicted molar refractivity (Wildman–Crippen MR) is 88.1 cm³/mol. The van der Waals surface area contributed by atoms with E-state index in [2.05, 4.69) is 21.3 Å². The van der Waals surface area contributed by atoms with Gasteiger partial charge in [0.25, 0.3) is 5.91 Å². The number of carbonyl (C=O) groups is 4. The third-order valence-corrected chi connectivity index (χ3v) is 4.11. The number of carbonyl (C=O) groups excluding carboxylic acids is 4. The van der Waals surface area contributed by atoms with Crippen LogP contribution in [0.4, 0.5) is 16.2 Å². The smallest absolute Gasteiger partial charge is 0.321 e. The molecule has 9 heteroatoms. The third kappa shape index (κ3) is 3.87. The highest BCUT2D eigenvalue weighted by Crippen LogP contribution is 2.30. The molecular formula is C16H18N4O5. The number of ether oxygens (including phenoxy) is 1. The zero-order valence-corrected chi connectivity index (χ0v) is 13.5. The fourth-order valence-electron chi connectivity index (χ4n) is 2.83. The molecule has 132 valence electrons. The van der Waals surface area contributed by atoms with Gasteiger partial charge in [0.15, 0.2) is 6.61 Å². The average molecular weight is 346 g/mol. The van der Waals surface area contributed by atoms with E-state index >= 15 is 0 Å². The van der Waals surface area contributed by atoms with Crippen molar-refractivity contribution in [3.8, 4) is 5.75 Å².